The van der Waals surface area contributed by atoms with Crippen molar-refractivity contribution in [2.75, 3.05) is 36.6 Å². The number of imidazole rings is 1. The van der Waals surface area contributed by atoms with Gasteiger partial charge in [0.15, 0.2) is 0 Å². The third-order valence-corrected chi connectivity index (χ3v) is 7.72. The normalized spacial score (nSPS) is 11.2. The molecule has 0 aliphatic rings. The van der Waals surface area contributed by atoms with Crippen molar-refractivity contribution in [3.05, 3.63) is 114 Å². The minimum absolute atomic E-state index is 0.000647. The number of fused-ring (bicyclic) bond motifs is 1. The Kier molecular flexibility index (Phi) is 12.6. The zero-order valence-electron chi connectivity index (χ0n) is 28.7. The molecule has 268 valence electrons. The predicted octanol–water partition coefficient (Wildman–Crippen LogP) is 4.66. The van der Waals surface area contributed by atoms with Gasteiger partial charge in [-0.05, 0) is 73.7 Å². The van der Waals surface area contributed by atoms with Gasteiger partial charge in [0, 0.05) is 55.4 Å². The van der Waals surface area contributed by atoms with Crippen molar-refractivity contribution in [1.82, 2.24) is 19.5 Å². The molecule has 0 fully saturated rings. The standard InChI is InChI=1S/C37H38N8O7/c1-3-50-33(46)16-19-45(31-9-4-5-18-40-31)35(47)26-12-15-30-29(22-26)42-32(44(30)2)24-41-28-13-10-25(11-14-28)34(38)43-37(49)52-21-7-20-51-36(48)27-8-6-17-39-23-27/h4-6,8-15,17-18,22-23,41H,3,7,16,19-21,24H2,1-2H3,(H2,38,43,49). The van der Waals surface area contributed by atoms with Crippen molar-refractivity contribution in [3.63, 3.8) is 0 Å². The largest absolute Gasteiger partial charge is 0.466 e. The number of pyridine rings is 2. The molecule has 0 unspecified atom stereocenters. The molecule has 52 heavy (non-hydrogen) atoms. The number of carbonyl (C=O) groups is 4. The number of hydrogen-bond donors (Lipinski definition) is 2. The maximum atomic E-state index is 13.7. The first kappa shape index (κ1) is 36.6. The lowest BCUT2D eigenvalue weighted by atomic mass is 10.1. The van der Waals surface area contributed by atoms with E-state index in [0.717, 1.165) is 17.0 Å². The van der Waals surface area contributed by atoms with Crippen LogP contribution in [0.2, 0.25) is 0 Å². The fourth-order valence-electron chi connectivity index (χ4n) is 5.05. The average Bonchev–Trinajstić information content (AvgIpc) is 3.48. The first-order valence-corrected chi connectivity index (χ1v) is 16.5. The highest BCUT2D eigenvalue weighted by Gasteiger charge is 2.21. The van der Waals surface area contributed by atoms with E-state index < -0.39 is 18.0 Å². The molecule has 0 aliphatic heterocycles. The van der Waals surface area contributed by atoms with E-state index in [4.69, 9.17) is 24.9 Å². The van der Waals surface area contributed by atoms with E-state index >= 15 is 0 Å². The number of aliphatic imine (C=N–C) groups is 1. The van der Waals surface area contributed by atoms with Gasteiger partial charge in [0.05, 0.1) is 49.4 Å². The van der Waals surface area contributed by atoms with Crippen molar-refractivity contribution >= 4 is 52.3 Å². The van der Waals surface area contributed by atoms with E-state index in [1.165, 1.54) is 11.1 Å². The molecule has 15 nitrogen and oxygen atoms in total. The quantitative estimate of drug-likeness (QED) is 0.0504. The van der Waals surface area contributed by atoms with Gasteiger partial charge in [0.25, 0.3) is 5.91 Å². The summed E-state index contributed by atoms with van der Waals surface area (Å²) in [5, 5.41) is 3.32. The monoisotopic (exact) mass is 706 g/mol. The van der Waals surface area contributed by atoms with Crippen LogP contribution in [0.15, 0.2) is 96.4 Å². The van der Waals surface area contributed by atoms with Gasteiger partial charge in [-0.25, -0.2) is 19.6 Å². The minimum atomic E-state index is -0.855. The van der Waals surface area contributed by atoms with Gasteiger partial charge < -0.3 is 29.8 Å². The number of ether oxygens (including phenoxy) is 3. The number of carbonyl (C=O) groups excluding carboxylic acids is 4. The van der Waals surface area contributed by atoms with Crippen LogP contribution in [0.4, 0.5) is 16.3 Å². The molecule has 15 heteroatoms. The fourth-order valence-corrected chi connectivity index (χ4v) is 5.05. The van der Waals surface area contributed by atoms with E-state index in [9.17, 15) is 19.2 Å². The first-order valence-electron chi connectivity index (χ1n) is 16.5. The molecule has 0 radical (unpaired) electrons. The Balaban J connectivity index is 1.14. The van der Waals surface area contributed by atoms with Gasteiger partial charge in [-0.15, -0.1) is 0 Å². The van der Waals surface area contributed by atoms with Crippen LogP contribution in [-0.2, 0) is 32.6 Å². The second-order valence-electron chi connectivity index (χ2n) is 11.3. The summed E-state index contributed by atoms with van der Waals surface area (Å²) in [4.78, 5) is 68.0. The van der Waals surface area contributed by atoms with E-state index in [2.05, 4.69) is 20.3 Å². The molecule has 0 saturated heterocycles. The molecule has 0 saturated carbocycles. The molecule has 2 aromatic carbocycles. The van der Waals surface area contributed by atoms with Crippen LogP contribution in [0.1, 0.15) is 51.9 Å². The second-order valence-corrected chi connectivity index (χ2v) is 11.3. The lowest BCUT2D eigenvalue weighted by molar-refractivity contribution is -0.142. The third kappa shape index (κ3) is 9.74. The minimum Gasteiger partial charge on any atom is -0.466 e. The van der Waals surface area contributed by atoms with E-state index in [-0.39, 0.29) is 44.5 Å². The number of aryl methyl sites for hydroxylation is 1. The molecule has 3 N–H and O–H groups in total. The number of esters is 2. The Morgan fingerprint density at radius 2 is 1.69 bits per heavy atom. The van der Waals surface area contributed by atoms with Crippen LogP contribution in [-0.4, -0.2) is 75.7 Å². The lowest BCUT2D eigenvalue weighted by Crippen LogP contribution is -2.34. The summed E-state index contributed by atoms with van der Waals surface area (Å²) in [6.45, 7) is 2.54. The van der Waals surface area contributed by atoms with E-state index in [0.29, 0.717) is 41.0 Å². The topological polar surface area (TPSA) is 193 Å². The van der Waals surface area contributed by atoms with Crippen molar-refractivity contribution in [3.8, 4) is 0 Å². The number of hydrogen-bond acceptors (Lipinski definition) is 11. The number of rotatable bonds is 15. The summed E-state index contributed by atoms with van der Waals surface area (Å²) >= 11 is 0. The molecule has 2 amide bonds. The number of nitrogens with two attached hydrogens (primary N) is 1. The molecule has 3 heterocycles. The van der Waals surface area contributed by atoms with Gasteiger partial charge in [-0.1, -0.05) is 6.07 Å². The Labute approximate surface area is 299 Å². The Morgan fingerprint density at radius 1 is 0.904 bits per heavy atom. The van der Waals surface area contributed by atoms with Gasteiger partial charge in [-0.3, -0.25) is 19.5 Å². The zero-order chi connectivity index (χ0) is 36.9. The maximum Gasteiger partial charge on any atom is 0.435 e. The van der Waals surface area contributed by atoms with E-state index in [1.54, 1.807) is 86.0 Å². The van der Waals surface area contributed by atoms with Crippen LogP contribution < -0.4 is 16.0 Å². The smallest absolute Gasteiger partial charge is 0.435 e. The number of nitrogens with zero attached hydrogens (tertiary/aromatic N) is 6. The Hall–Kier alpha value is -6.64. The van der Waals surface area contributed by atoms with Crippen molar-refractivity contribution < 1.29 is 33.4 Å². The second kappa shape index (κ2) is 17.8. The number of nitrogens with one attached hydrogen (secondary N) is 1. The molecule has 0 aliphatic carbocycles. The van der Waals surface area contributed by atoms with Gasteiger partial charge in [-0.2, -0.15) is 4.99 Å². The average molecular weight is 707 g/mol. The summed E-state index contributed by atoms with van der Waals surface area (Å²) in [5.74, 6) is -0.0777. The molecular formula is C37H38N8O7. The van der Waals surface area contributed by atoms with Crippen molar-refractivity contribution in [2.24, 2.45) is 17.8 Å². The third-order valence-electron chi connectivity index (χ3n) is 7.72. The Morgan fingerprint density at radius 3 is 2.42 bits per heavy atom. The number of aromatic nitrogens is 4. The predicted molar refractivity (Wildman–Crippen MR) is 193 cm³/mol. The van der Waals surface area contributed by atoms with Crippen LogP contribution in [0, 0.1) is 0 Å². The SMILES string of the molecule is CCOC(=O)CCN(C(=O)c1ccc2c(c1)nc(CNc1ccc(/C(N)=N\C(=O)OCCCOC(=O)c3cccnc3)cc1)n2C)c1ccccn1. The van der Waals surface area contributed by atoms with Gasteiger partial charge in [0.1, 0.15) is 17.5 Å². The summed E-state index contributed by atoms with van der Waals surface area (Å²) in [5.41, 5.74) is 9.53. The maximum absolute atomic E-state index is 13.7. The molecule has 0 spiro atoms. The fraction of sp³-hybridized carbons (Fsp3) is 0.243. The molecule has 0 atom stereocenters. The first-order chi connectivity index (χ1) is 25.2. The summed E-state index contributed by atoms with van der Waals surface area (Å²) < 4.78 is 17.2. The number of amidine groups is 1. The lowest BCUT2D eigenvalue weighted by Gasteiger charge is -2.21. The molecule has 5 rings (SSSR count). The van der Waals surface area contributed by atoms with E-state index in [1.807, 2.05) is 17.7 Å². The summed E-state index contributed by atoms with van der Waals surface area (Å²) in [6, 6.07) is 20.8. The number of amides is 2. The highest BCUT2D eigenvalue weighted by atomic mass is 16.6. The Bertz CT molecular complexity index is 2030. The zero-order valence-corrected chi connectivity index (χ0v) is 28.7. The van der Waals surface area contributed by atoms with Crippen LogP contribution in [0.25, 0.3) is 11.0 Å². The van der Waals surface area contributed by atoms with Gasteiger partial charge in [0.2, 0.25) is 0 Å². The van der Waals surface area contributed by atoms with Crippen molar-refractivity contribution in [2.45, 2.75) is 26.3 Å². The van der Waals surface area contributed by atoms with Crippen LogP contribution in [0.3, 0.4) is 0 Å². The molecular weight excluding hydrogens is 668 g/mol. The number of anilines is 2. The molecule has 0 bridgehead atoms. The number of benzene rings is 2. The highest BCUT2D eigenvalue weighted by molar-refractivity contribution is 6.07. The summed E-state index contributed by atoms with van der Waals surface area (Å²) in [7, 11) is 1.89. The highest BCUT2D eigenvalue weighted by Crippen LogP contribution is 2.21. The van der Waals surface area contributed by atoms with Crippen molar-refractivity contribution in [1.29, 1.82) is 0 Å². The molecule has 3 aromatic heterocycles. The van der Waals surface area contributed by atoms with Gasteiger partial charge >= 0.3 is 18.0 Å². The molecule has 5 aromatic rings. The summed E-state index contributed by atoms with van der Waals surface area (Å²) in [6.07, 6.45) is 4.02. The van der Waals surface area contributed by atoms with Crippen LogP contribution >= 0.6 is 0 Å². The van der Waals surface area contributed by atoms with Crippen LogP contribution in [0.5, 0.6) is 0 Å².